The SMILES string of the molecule is [Cl-].[Cl-].[Cl-].[Cl-].[Cl-].[Cl-].[Ti+4].[Zn+2]. The molecule has 0 aromatic heterocycles. The Labute approximate surface area is 114 Å². The summed E-state index contributed by atoms with van der Waals surface area (Å²) in [5.74, 6) is 0. The largest absolute Gasteiger partial charge is 4.00 e. The predicted molar refractivity (Wildman–Crippen MR) is 0 cm³/mol. The van der Waals surface area contributed by atoms with Gasteiger partial charge in [0.25, 0.3) is 0 Å². The zero-order chi connectivity index (χ0) is 0. The normalized spacial score (nSPS) is 0. The van der Waals surface area contributed by atoms with Crippen molar-refractivity contribution in [2.24, 2.45) is 0 Å². The molecule has 0 amide bonds. The Morgan fingerprint density at radius 1 is 0.375 bits per heavy atom. The van der Waals surface area contributed by atoms with Crippen LogP contribution in [0.5, 0.6) is 0 Å². The van der Waals surface area contributed by atoms with Gasteiger partial charge in [-0.1, -0.05) is 0 Å². The Kier molecular flexibility index (Phi) is 1300. The molecule has 0 aliphatic heterocycles. The molecule has 0 heterocycles. The number of halogens is 6. The van der Waals surface area contributed by atoms with Crippen LogP contribution in [0.1, 0.15) is 0 Å². The predicted octanol–water partition coefficient (Wildman–Crippen LogP) is -18.0. The van der Waals surface area contributed by atoms with Crippen molar-refractivity contribution >= 4 is 0 Å². The van der Waals surface area contributed by atoms with Crippen molar-refractivity contribution in [3.63, 3.8) is 0 Å². The Morgan fingerprint density at radius 3 is 0.375 bits per heavy atom. The summed E-state index contributed by atoms with van der Waals surface area (Å²) in [6.45, 7) is 0. The molecule has 0 rings (SSSR count). The zero-order valence-electron chi connectivity index (χ0n) is 3.47. The topological polar surface area (TPSA) is 0 Å². The maximum Gasteiger partial charge on any atom is 4.00 e. The first-order valence-corrected chi connectivity index (χ1v) is 0. The van der Waals surface area contributed by atoms with E-state index in [0.717, 1.165) is 0 Å². The minimum Gasteiger partial charge on any atom is -1.00 e. The van der Waals surface area contributed by atoms with Gasteiger partial charge in [0.1, 0.15) is 0 Å². The van der Waals surface area contributed by atoms with Crippen LogP contribution in [-0.4, -0.2) is 0 Å². The molecule has 0 saturated carbocycles. The van der Waals surface area contributed by atoms with Crippen LogP contribution in [0.15, 0.2) is 0 Å². The summed E-state index contributed by atoms with van der Waals surface area (Å²) in [5.41, 5.74) is 0. The zero-order valence-corrected chi connectivity index (χ0v) is 12.5. The summed E-state index contributed by atoms with van der Waals surface area (Å²) < 4.78 is 0. The summed E-state index contributed by atoms with van der Waals surface area (Å²) in [6, 6.07) is 0. The van der Waals surface area contributed by atoms with Crippen molar-refractivity contribution in [1.82, 2.24) is 0 Å². The average Bonchev–Trinajstić information content (AvgIpc) is 0. The maximum absolute atomic E-state index is 0. The molecule has 0 aliphatic rings. The Hall–Kier alpha value is 3.08. The van der Waals surface area contributed by atoms with E-state index in [1.165, 1.54) is 0 Å². The molecule has 0 radical (unpaired) electrons. The van der Waals surface area contributed by atoms with Gasteiger partial charge in [0.2, 0.25) is 0 Å². The van der Waals surface area contributed by atoms with E-state index in [2.05, 4.69) is 0 Å². The molecule has 8 heteroatoms. The quantitative estimate of drug-likeness (QED) is 0.388. The third kappa shape index (κ3) is 62.5. The van der Waals surface area contributed by atoms with Gasteiger partial charge in [0, 0.05) is 0 Å². The second kappa shape index (κ2) is 87.7. The van der Waals surface area contributed by atoms with Gasteiger partial charge in [-0.3, -0.25) is 0 Å². The number of rotatable bonds is 0. The van der Waals surface area contributed by atoms with Gasteiger partial charge < -0.3 is 74.4 Å². The molecule has 0 aromatic carbocycles. The van der Waals surface area contributed by atoms with Crippen molar-refractivity contribution in [3.05, 3.63) is 0 Å². The molecule has 0 aliphatic carbocycles. The van der Waals surface area contributed by atoms with Gasteiger partial charge in [-0.2, -0.15) is 0 Å². The van der Waals surface area contributed by atoms with Gasteiger partial charge in [-0.25, -0.2) is 0 Å². The average molecular weight is 326 g/mol. The van der Waals surface area contributed by atoms with Crippen LogP contribution in [0, 0.1) is 0 Å². The van der Waals surface area contributed by atoms with Gasteiger partial charge >= 0.3 is 41.2 Å². The minimum absolute atomic E-state index is 0. The molecule has 0 atom stereocenters. The van der Waals surface area contributed by atoms with E-state index in [0.29, 0.717) is 0 Å². The van der Waals surface area contributed by atoms with Crippen LogP contribution in [-0.2, 0) is 41.2 Å². The third-order valence-corrected chi connectivity index (χ3v) is 0. The van der Waals surface area contributed by atoms with Crippen molar-refractivity contribution in [2.75, 3.05) is 0 Å². The van der Waals surface area contributed by atoms with Crippen LogP contribution in [0.25, 0.3) is 0 Å². The fraction of sp³-hybridized carbons (Fsp3) is 0. The Morgan fingerprint density at radius 2 is 0.375 bits per heavy atom. The van der Waals surface area contributed by atoms with Crippen molar-refractivity contribution in [1.29, 1.82) is 0 Å². The molecule has 0 bridgehead atoms. The maximum atomic E-state index is 0. The van der Waals surface area contributed by atoms with E-state index in [9.17, 15) is 0 Å². The third-order valence-electron chi connectivity index (χ3n) is 0. The molecule has 0 saturated heterocycles. The monoisotopic (exact) mass is 322 g/mol. The summed E-state index contributed by atoms with van der Waals surface area (Å²) in [5, 5.41) is 0. The first-order chi connectivity index (χ1) is 0. The van der Waals surface area contributed by atoms with Crippen LogP contribution in [0.2, 0.25) is 0 Å². The van der Waals surface area contributed by atoms with E-state index in [4.69, 9.17) is 0 Å². The molecule has 0 N–H and O–H groups in total. The van der Waals surface area contributed by atoms with Crippen LogP contribution in [0.4, 0.5) is 0 Å². The second-order valence-corrected chi connectivity index (χ2v) is 0. The number of hydrogen-bond donors (Lipinski definition) is 0. The van der Waals surface area contributed by atoms with E-state index in [-0.39, 0.29) is 116 Å². The summed E-state index contributed by atoms with van der Waals surface area (Å²) in [7, 11) is 0. The first kappa shape index (κ1) is 119. The van der Waals surface area contributed by atoms with Crippen molar-refractivity contribution < 1.29 is 116 Å². The van der Waals surface area contributed by atoms with Gasteiger partial charge in [0.15, 0.2) is 0 Å². The molecular weight excluding hydrogens is 326 g/mol. The fourth-order valence-electron chi connectivity index (χ4n) is 0. The van der Waals surface area contributed by atoms with E-state index >= 15 is 0 Å². The van der Waals surface area contributed by atoms with Crippen LogP contribution < -0.4 is 74.4 Å². The second-order valence-electron chi connectivity index (χ2n) is 0. The molecule has 0 unspecified atom stereocenters. The molecule has 0 spiro atoms. The van der Waals surface area contributed by atoms with Crippen LogP contribution >= 0.6 is 0 Å². The minimum atomic E-state index is 0. The summed E-state index contributed by atoms with van der Waals surface area (Å²) in [4.78, 5) is 0. The molecule has 0 fully saturated rings. The first-order valence-electron chi connectivity index (χ1n) is 0. The molecule has 8 heavy (non-hydrogen) atoms. The van der Waals surface area contributed by atoms with E-state index in [1.54, 1.807) is 0 Å². The Balaban J connectivity index is 0. The molecule has 0 nitrogen and oxygen atoms in total. The number of hydrogen-bond acceptors (Lipinski definition) is 0. The summed E-state index contributed by atoms with van der Waals surface area (Å²) >= 11 is 0. The fourth-order valence-corrected chi connectivity index (χ4v) is 0. The van der Waals surface area contributed by atoms with Gasteiger partial charge in [-0.15, -0.1) is 0 Å². The van der Waals surface area contributed by atoms with Gasteiger partial charge in [0.05, 0.1) is 0 Å². The van der Waals surface area contributed by atoms with Gasteiger partial charge in [-0.05, 0) is 0 Å². The Bertz CT molecular complexity index is 8.49. The summed E-state index contributed by atoms with van der Waals surface area (Å²) in [6.07, 6.45) is 0. The smallest absolute Gasteiger partial charge is 1.00 e. The van der Waals surface area contributed by atoms with Crippen molar-refractivity contribution in [3.8, 4) is 0 Å². The van der Waals surface area contributed by atoms with Crippen molar-refractivity contribution in [2.45, 2.75) is 0 Å². The standard InChI is InChI=1S/6ClH.Ti.Zn/h6*1H;;/q;;;;;;+4;+2/p-6. The molecular formula is Cl6TiZn. The van der Waals surface area contributed by atoms with E-state index < -0.39 is 0 Å². The molecule has 48 valence electrons. The molecule has 0 aromatic rings. The van der Waals surface area contributed by atoms with Crippen LogP contribution in [0.3, 0.4) is 0 Å². The van der Waals surface area contributed by atoms with E-state index in [1.807, 2.05) is 0 Å².